The van der Waals surface area contributed by atoms with Crippen LogP contribution in [0.25, 0.3) is 0 Å². The lowest BCUT2D eigenvalue weighted by molar-refractivity contribution is -0.165. The van der Waals surface area contributed by atoms with Gasteiger partial charge in [-0.15, -0.1) is 0 Å². The van der Waals surface area contributed by atoms with Crippen LogP contribution < -0.4 is 0 Å². The molecule has 0 spiro atoms. The van der Waals surface area contributed by atoms with E-state index in [-0.39, 0.29) is 11.9 Å². The van der Waals surface area contributed by atoms with Crippen LogP contribution in [0.1, 0.15) is 56.3 Å². The van der Waals surface area contributed by atoms with Gasteiger partial charge in [0.25, 0.3) is 5.91 Å². The van der Waals surface area contributed by atoms with E-state index in [0.717, 1.165) is 0 Å². The first-order chi connectivity index (χ1) is 10.0. The number of esters is 1. The first-order valence-electron chi connectivity index (χ1n) is 7.49. The molecule has 122 valence electrons. The topological polar surface area (TPSA) is 72.6 Å². The van der Waals surface area contributed by atoms with Crippen LogP contribution in [-0.4, -0.2) is 40.5 Å². The van der Waals surface area contributed by atoms with E-state index >= 15 is 0 Å². The maximum Gasteiger partial charge on any atom is 0.314 e. The van der Waals surface area contributed by atoms with Gasteiger partial charge in [-0.1, -0.05) is 0 Å². The van der Waals surface area contributed by atoms with Crippen molar-refractivity contribution in [3.8, 4) is 0 Å². The number of aromatic nitrogens is 1. The fourth-order valence-electron chi connectivity index (χ4n) is 2.58. The van der Waals surface area contributed by atoms with Gasteiger partial charge in [0.05, 0.1) is 5.41 Å². The Labute approximate surface area is 130 Å². The first kappa shape index (κ1) is 16.5. The monoisotopic (exact) mass is 308 g/mol. The normalized spacial score (nSPS) is 22.0. The van der Waals surface area contributed by atoms with Crippen LogP contribution in [0.5, 0.6) is 0 Å². The smallest absolute Gasteiger partial charge is 0.314 e. The molecule has 6 heteroatoms. The molecule has 1 aromatic heterocycles. The predicted octanol–water partition coefficient (Wildman–Crippen LogP) is 2.49. The van der Waals surface area contributed by atoms with Gasteiger partial charge in [0.2, 0.25) is 0 Å². The van der Waals surface area contributed by atoms with Gasteiger partial charge in [0, 0.05) is 20.0 Å². The van der Waals surface area contributed by atoms with Crippen molar-refractivity contribution in [2.24, 2.45) is 5.41 Å². The summed E-state index contributed by atoms with van der Waals surface area (Å²) >= 11 is 0. The highest BCUT2D eigenvalue weighted by Crippen LogP contribution is 2.33. The van der Waals surface area contributed by atoms with Crippen LogP contribution in [0.2, 0.25) is 0 Å². The van der Waals surface area contributed by atoms with E-state index in [2.05, 4.69) is 4.98 Å². The molecule has 6 nitrogen and oxygen atoms in total. The summed E-state index contributed by atoms with van der Waals surface area (Å²) in [5, 5.41) is 0. The van der Waals surface area contributed by atoms with Crippen LogP contribution in [-0.2, 0) is 9.53 Å². The second kappa shape index (κ2) is 5.41. The second-order valence-corrected chi connectivity index (χ2v) is 7.18. The minimum absolute atomic E-state index is 0.193. The number of likely N-dealkylation sites (tertiary alicyclic amines) is 1. The Bertz CT molecular complexity index is 600. The Balaban J connectivity index is 2.10. The highest BCUT2D eigenvalue weighted by atomic mass is 16.6. The quantitative estimate of drug-likeness (QED) is 0.785. The van der Waals surface area contributed by atoms with Crippen LogP contribution in [0.4, 0.5) is 0 Å². The van der Waals surface area contributed by atoms with Crippen molar-refractivity contribution in [1.82, 2.24) is 9.88 Å². The summed E-state index contributed by atoms with van der Waals surface area (Å²) in [5.74, 6) is 0.522. The molecule has 1 aromatic rings. The van der Waals surface area contributed by atoms with E-state index in [1.54, 1.807) is 18.7 Å². The van der Waals surface area contributed by atoms with Crippen molar-refractivity contribution < 1.29 is 18.7 Å². The van der Waals surface area contributed by atoms with E-state index in [9.17, 15) is 9.59 Å². The van der Waals surface area contributed by atoms with Crippen molar-refractivity contribution in [2.75, 3.05) is 13.1 Å². The summed E-state index contributed by atoms with van der Waals surface area (Å²) < 4.78 is 10.8. The Morgan fingerprint density at radius 3 is 2.45 bits per heavy atom. The van der Waals surface area contributed by atoms with Crippen LogP contribution in [0, 0.1) is 19.3 Å². The maximum atomic E-state index is 12.5. The Morgan fingerprint density at radius 2 is 1.95 bits per heavy atom. The lowest BCUT2D eigenvalue weighted by atomic mass is 9.90. The van der Waals surface area contributed by atoms with Crippen LogP contribution in [0.3, 0.4) is 0 Å². The molecule has 0 aliphatic carbocycles. The second-order valence-electron chi connectivity index (χ2n) is 7.18. The number of aryl methyl sites for hydroxylation is 2. The number of amides is 1. The van der Waals surface area contributed by atoms with Crippen molar-refractivity contribution >= 4 is 11.9 Å². The standard InChI is InChI=1S/C16H24N2O4/c1-10-12(17-11(2)21-10)13(19)18-8-7-16(6,9-18)14(20)22-15(3,4)5/h7-9H2,1-6H3/t16-/m1/s1. The largest absolute Gasteiger partial charge is 0.459 e. The zero-order chi connectivity index (χ0) is 16.7. The number of ether oxygens (including phenoxy) is 1. The maximum absolute atomic E-state index is 12.5. The molecular weight excluding hydrogens is 284 g/mol. The number of nitrogens with zero attached hydrogens (tertiary/aromatic N) is 2. The summed E-state index contributed by atoms with van der Waals surface area (Å²) in [6, 6.07) is 0. The Morgan fingerprint density at radius 1 is 1.32 bits per heavy atom. The van der Waals surface area contributed by atoms with Gasteiger partial charge in [-0.25, -0.2) is 4.98 Å². The number of carbonyl (C=O) groups is 2. The lowest BCUT2D eigenvalue weighted by Gasteiger charge is -2.28. The SMILES string of the molecule is Cc1nc(C(=O)N2CC[C@@](C)(C(=O)OC(C)(C)C)C2)c(C)o1. The van der Waals surface area contributed by atoms with Crippen LogP contribution in [0.15, 0.2) is 4.42 Å². The van der Waals surface area contributed by atoms with Crippen molar-refractivity contribution in [2.45, 2.75) is 53.6 Å². The number of hydrogen-bond donors (Lipinski definition) is 0. The molecule has 2 rings (SSSR count). The summed E-state index contributed by atoms with van der Waals surface area (Å²) in [6.07, 6.45) is 0.587. The van der Waals surface area contributed by atoms with E-state index in [1.165, 1.54) is 0 Å². The Hall–Kier alpha value is -1.85. The molecule has 1 amide bonds. The zero-order valence-corrected chi connectivity index (χ0v) is 14.1. The summed E-state index contributed by atoms with van der Waals surface area (Å²) in [5.41, 5.74) is -0.876. The summed E-state index contributed by atoms with van der Waals surface area (Å²) in [7, 11) is 0. The molecule has 1 fully saturated rings. The van der Waals surface area contributed by atoms with Gasteiger partial charge in [-0.05, 0) is 41.0 Å². The highest BCUT2D eigenvalue weighted by molar-refractivity contribution is 5.94. The predicted molar refractivity (Wildman–Crippen MR) is 80.4 cm³/mol. The minimum Gasteiger partial charge on any atom is -0.459 e. The molecule has 2 heterocycles. The molecule has 1 saturated heterocycles. The highest BCUT2D eigenvalue weighted by Gasteiger charge is 2.45. The summed E-state index contributed by atoms with van der Waals surface area (Å²) in [4.78, 5) is 30.7. The van der Waals surface area contributed by atoms with Crippen LogP contribution >= 0.6 is 0 Å². The van der Waals surface area contributed by atoms with E-state index in [4.69, 9.17) is 9.15 Å². The van der Waals surface area contributed by atoms with E-state index in [1.807, 2.05) is 27.7 Å². The molecular formula is C16H24N2O4. The van der Waals surface area contributed by atoms with Gasteiger partial charge in [-0.3, -0.25) is 9.59 Å². The molecule has 22 heavy (non-hydrogen) atoms. The first-order valence-corrected chi connectivity index (χ1v) is 7.49. The van der Waals surface area contributed by atoms with Crippen molar-refractivity contribution in [1.29, 1.82) is 0 Å². The fraction of sp³-hybridized carbons (Fsp3) is 0.688. The molecule has 0 bridgehead atoms. The summed E-state index contributed by atoms with van der Waals surface area (Å²) in [6.45, 7) is 11.6. The van der Waals surface area contributed by atoms with Gasteiger partial charge >= 0.3 is 5.97 Å². The van der Waals surface area contributed by atoms with E-state index in [0.29, 0.717) is 36.9 Å². The van der Waals surface area contributed by atoms with Crippen molar-refractivity contribution in [3.63, 3.8) is 0 Å². The molecule has 0 radical (unpaired) electrons. The zero-order valence-electron chi connectivity index (χ0n) is 14.1. The molecule has 0 unspecified atom stereocenters. The number of oxazole rings is 1. The van der Waals surface area contributed by atoms with Gasteiger partial charge in [0.15, 0.2) is 11.6 Å². The Kier molecular flexibility index (Phi) is 4.06. The van der Waals surface area contributed by atoms with Gasteiger partial charge in [0.1, 0.15) is 11.4 Å². The molecule has 1 atom stereocenters. The average molecular weight is 308 g/mol. The molecule has 1 aliphatic rings. The fourth-order valence-corrected chi connectivity index (χ4v) is 2.58. The molecule has 1 aliphatic heterocycles. The van der Waals surface area contributed by atoms with Gasteiger partial charge in [-0.2, -0.15) is 0 Å². The minimum atomic E-state index is -0.671. The molecule has 0 aromatic carbocycles. The number of carbonyl (C=O) groups excluding carboxylic acids is 2. The van der Waals surface area contributed by atoms with Gasteiger partial charge < -0.3 is 14.1 Å². The third-order valence-corrected chi connectivity index (χ3v) is 3.76. The third kappa shape index (κ3) is 3.31. The third-order valence-electron chi connectivity index (χ3n) is 3.76. The van der Waals surface area contributed by atoms with Crippen molar-refractivity contribution in [3.05, 3.63) is 17.3 Å². The molecule has 0 saturated carbocycles. The number of rotatable bonds is 2. The van der Waals surface area contributed by atoms with E-state index < -0.39 is 11.0 Å². The lowest BCUT2D eigenvalue weighted by Crippen LogP contribution is -2.39. The molecule has 0 N–H and O–H groups in total. The average Bonchev–Trinajstić information content (AvgIpc) is 2.91. The number of hydrogen-bond acceptors (Lipinski definition) is 5.